The number of hydrogen-bond donors (Lipinski definition) is 2. The first-order valence-corrected chi connectivity index (χ1v) is 6.70. The van der Waals surface area contributed by atoms with Crippen molar-refractivity contribution in [3.8, 4) is 0 Å². The second-order valence-electron chi connectivity index (χ2n) is 5.30. The Labute approximate surface area is 107 Å². The Morgan fingerprint density at radius 1 is 1.44 bits per heavy atom. The van der Waals surface area contributed by atoms with Crippen LogP contribution in [0.15, 0.2) is 30.5 Å². The fourth-order valence-electron chi connectivity index (χ4n) is 2.99. The zero-order chi connectivity index (χ0) is 12.5. The summed E-state index contributed by atoms with van der Waals surface area (Å²) in [6.07, 6.45) is 3.34. The van der Waals surface area contributed by atoms with Crippen molar-refractivity contribution in [2.24, 2.45) is 0 Å². The highest BCUT2D eigenvalue weighted by molar-refractivity contribution is 5.83. The Morgan fingerprint density at radius 2 is 2.28 bits per heavy atom. The van der Waals surface area contributed by atoms with Crippen LogP contribution in [-0.2, 0) is 0 Å². The number of nitrogens with zero attached hydrogens (tertiary/aromatic N) is 1. The van der Waals surface area contributed by atoms with Gasteiger partial charge < -0.3 is 10.1 Å². The van der Waals surface area contributed by atoms with Gasteiger partial charge in [-0.15, -0.1) is 0 Å². The summed E-state index contributed by atoms with van der Waals surface area (Å²) in [6.45, 7) is 4.49. The maximum atomic E-state index is 9.24. The van der Waals surface area contributed by atoms with Gasteiger partial charge in [-0.05, 0) is 37.4 Å². The summed E-state index contributed by atoms with van der Waals surface area (Å²) in [6, 6.07) is 8.77. The van der Waals surface area contributed by atoms with Crippen LogP contribution in [0.4, 0.5) is 0 Å². The van der Waals surface area contributed by atoms with Gasteiger partial charge in [0.25, 0.3) is 0 Å². The van der Waals surface area contributed by atoms with Crippen LogP contribution in [0.5, 0.6) is 0 Å². The van der Waals surface area contributed by atoms with Crippen molar-refractivity contribution >= 4 is 10.9 Å². The van der Waals surface area contributed by atoms with Crippen molar-refractivity contribution in [2.45, 2.75) is 25.3 Å². The van der Waals surface area contributed by atoms with Crippen LogP contribution in [0.25, 0.3) is 10.9 Å². The lowest BCUT2D eigenvalue weighted by Gasteiger charge is -2.22. The molecule has 0 amide bonds. The minimum Gasteiger partial charge on any atom is -0.395 e. The molecule has 0 bridgehead atoms. The molecule has 0 spiro atoms. The molecule has 3 heteroatoms. The van der Waals surface area contributed by atoms with E-state index < -0.39 is 0 Å². The van der Waals surface area contributed by atoms with E-state index in [4.69, 9.17) is 0 Å². The largest absolute Gasteiger partial charge is 0.395 e. The average molecular weight is 244 g/mol. The van der Waals surface area contributed by atoms with Gasteiger partial charge in [-0.2, -0.15) is 0 Å². The number of aromatic nitrogens is 1. The first kappa shape index (κ1) is 11.8. The lowest BCUT2D eigenvalue weighted by Crippen LogP contribution is -2.33. The Balaban J connectivity index is 1.84. The zero-order valence-electron chi connectivity index (χ0n) is 10.8. The van der Waals surface area contributed by atoms with Gasteiger partial charge in [0.05, 0.1) is 6.61 Å². The van der Waals surface area contributed by atoms with Gasteiger partial charge in [0, 0.05) is 29.7 Å². The number of nitrogens with one attached hydrogen (secondary N) is 1. The second-order valence-corrected chi connectivity index (χ2v) is 5.30. The number of H-pyrrole nitrogens is 1. The number of aliphatic hydroxyl groups is 1. The number of benzene rings is 1. The molecule has 0 saturated carbocycles. The van der Waals surface area contributed by atoms with E-state index in [1.165, 1.54) is 22.9 Å². The van der Waals surface area contributed by atoms with Crippen molar-refractivity contribution in [2.75, 3.05) is 19.7 Å². The normalized spacial score (nSPS) is 22.7. The van der Waals surface area contributed by atoms with Crippen molar-refractivity contribution in [3.05, 3.63) is 36.0 Å². The summed E-state index contributed by atoms with van der Waals surface area (Å²) in [5.74, 6) is 0.593. The van der Waals surface area contributed by atoms with Crippen LogP contribution >= 0.6 is 0 Å². The first-order valence-electron chi connectivity index (χ1n) is 6.70. The van der Waals surface area contributed by atoms with Crippen LogP contribution in [-0.4, -0.2) is 40.7 Å². The Bertz CT molecular complexity index is 534. The third kappa shape index (κ3) is 1.93. The lowest BCUT2D eigenvalue weighted by atomic mass is 9.98. The van der Waals surface area contributed by atoms with E-state index in [0.29, 0.717) is 5.92 Å². The minimum atomic E-state index is 0.251. The van der Waals surface area contributed by atoms with Gasteiger partial charge in [-0.25, -0.2) is 0 Å². The van der Waals surface area contributed by atoms with Crippen molar-refractivity contribution in [1.29, 1.82) is 0 Å². The van der Waals surface area contributed by atoms with E-state index >= 15 is 0 Å². The molecule has 0 radical (unpaired) electrons. The number of hydrogen-bond acceptors (Lipinski definition) is 2. The van der Waals surface area contributed by atoms with E-state index in [9.17, 15) is 5.11 Å². The number of aliphatic hydroxyl groups excluding tert-OH is 1. The molecule has 1 aliphatic rings. The van der Waals surface area contributed by atoms with Crippen LogP contribution in [0, 0.1) is 0 Å². The number of para-hydroxylation sites is 1. The smallest absolute Gasteiger partial charge is 0.0584 e. The van der Waals surface area contributed by atoms with E-state index in [1.54, 1.807) is 0 Å². The molecule has 2 heterocycles. The van der Waals surface area contributed by atoms with Crippen molar-refractivity contribution in [3.63, 3.8) is 0 Å². The summed E-state index contributed by atoms with van der Waals surface area (Å²) in [5, 5.41) is 10.6. The van der Waals surface area contributed by atoms with E-state index in [-0.39, 0.29) is 12.6 Å². The topological polar surface area (TPSA) is 39.3 Å². The van der Waals surface area contributed by atoms with Crippen molar-refractivity contribution in [1.82, 2.24) is 9.88 Å². The fourth-order valence-corrected chi connectivity index (χ4v) is 2.99. The Kier molecular flexibility index (Phi) is 3.10. The van der Waals surface area contributed by atoms with Gasteiger partial charge in [0.2, 0.25) is 0 Å². The maximum Gasteiger partial charge on any atom is 0.0584 e. The van der Waals surface area contributed by atoms with Gasteiger partial charge >= 0.3 is 0 Å². The molecule has 1 aliphatic heterocycles. The predicted octanol–water partition coefficient (Wildman–Crippen LogP) is 2.34. The molecule has 1 fully saturated rings. The highest BCUT2D eigenvalue weighted by atomic mass is 16.3. The molecule has 3 rings (SSSR count). The zero-order valence-corrected chi connectivity index (χ0v) is 10.8. The molecule has 1 aromatic carbocycles. The molecule has 2 aromatic rings. The average Bonchev–Trinajstić information content (AvgIpc) is 3.03. The van der Waals surface area contributed by atoms with Crippen LogP contribution in [0.3, 0.4) is 0 Å². The van der Waals surface area contributed by atoms with E-state index in [2.05, 4.69) is 47.3 Å². The lowest BCUT2D eigenvalue weighted by molar-refractivity contribution is 0.157. The van der Waals surface area contributed by atoms with Gasteiger partial charge in [-0.1, -0.05) is 18.2 Å². The highest BCUT2D eigenvalue weighted by Gasteiger charge is 2.28. The molecule has 1 saturated heterocycles. The number of likely N-dealkylation sites (tertiary alicyclic amines) is 1. The number of rotatable bonds is 3. The SMILES string of the molecule is C[C@@H](CO)N1CC[C@H](c2c[nH]c3ccccc23)C1. The summed E-state index contributed by atoms with van der Waals surface area (Å²) in [7, 11) is 0. The third-order valence-corrected chi connectivity index (χ3v) is 4.17. The van der Waals surface area contributed by atoms with Crippen LogP contribution in [0.1, 0.15) is 24.8 Å². The molecule has 0 unspecified atom stereocenters. The number of fused-ring (bicyclic) bond motifs is 1. The summed E-state index contributed by atoms with van der Waals surface area (Å²) in [5.41, 5.74) is 2.65. The maximum absolute atomic E-state index is 9.24. The Hall–Kier alpha value is -1.32. The molecule has 96 valence electrons. The van der Waals surface area contributed by atoms with Crippen LogP contribution in [0.2, 0.25) is 0 Å². The third-order valence-electron chi connectivity index (χ3n) is 4.17. The molecule has 1 aromatic heterocycles. The number of aromatic amines is 1. The summed E-state index contributed by atoms with van der Waals surface area (Å²) >= 11 is 0. The van der Waals surface area contributed by atoms with Crippen LogP contribution < -0.4 is 0 Å². The van der Waals surface area contributed by atoms with E-state index in [0.717, 1.165) is 13.1 Å². The van der Waals surface area contributed by atoms with E-state index in [1.807, 2.05) is 0 Å². The molecule has 0 aliphatic carbocycles. The van der Waals surface area contributed by atoms with Gasteiger partial charge in [-0.3, -0.25) is 4.90 Å². The quantitative estimate of drug-likeness (QED) is 0.870. The standard InChI is InChI=1S/C15H20N2O/c1-11(10-18)17-7-6-12(9-17)14-8-16-15-5-3-2-4-13(14)15/h2-5,8,11-12,16,18H,6-7,9-10H2,1H3/t11-,12-/m0/s1. The minimum absolute atomic E-state index is 0.251. The van der Waals surface area contributed by atoms with Crippen molar-refractivity contribution < 1.29 is 5.11 Å². The molecule has 3 nitrogen and oxygen atoms in total. The fraction of sp³-hybridized carbons (Fsp3) is 0.467. The van der Waals surface area contributed by atoms with Gasteiger partial charge in [0.15, 0.2) is 0 Å². The first-order chi connectivity index (χ1) is 8.79. The Morgan fingerprint density at radius 3 is 3.11 bits per heavy atom. The predicted molar refractivity (Wildman–Crippen MR) is 73.8 cm³/mol. The molecule has 18 heavy (non-hydrogen) atoms. The molecule has 2 atom stereocenters. The summed E-state index contributed by atoms with van der Waals surface area (Å²) in [4.78, 5) is 5.74. The monoisotopic (exact) mass is 244 g/mol. The second kappa shape index (κ2) is 4.75. The summed E-state index contributed by atoms with van der Waals surface area (Å²) < 4.78 is 0. The molecular formula is C15H20N2O. The highest BCUT2D eigenvalue weighted by Crippen LogP contribution is 2.32. The van der Waals surface area contributed by atoms with Gasteiger partial charge in [0.1, 0.15) is 0 Å². The molecule has 2 N–H and O–H groups in total. The molecular weight excluding hydrogens is 224 g/mol.